The van der Waals surface area contributed by atoms with Crippen molar-refractivity contribution in [2.24, 2.45) is 5.92 Å². The Balaban J connectivity index is 2.03. The largest absolute Gasteiger partial charge is 0.381 e. The number of hydrogen-bond acceptors (Lipinski definition) is 2. The maximum atomic E-state index is 5.37. The van der Waals surface area contributed by atoms with E-state index in [4.69, 9.17) is 4.74 Å². The van der Waals surface area contributed by atoms with Crippen molar-refractivity contribution in [2.75, 3.05) is 20.3 Å². The number of ether oxygens (including phenoxy) is 1. The second-order valence-electron chi connectivity index (χ2n) is 4.76. The van der Waals surface area contributed by atoms with Gasteiger partial charge in [0.2, 0.25) is 0 Å². The summed E-state index contributed by atoms with van der Waals surface area (Å²) >= 11 is 0. The molecule has 90 valence electrons. The van der Waals surface area contributed by atoms with E-state index in [-0.39, 0.29) is 0 Å². The van der Waals surface area contributed by atoms with E-state index in [1.165, 1.54) is 44.9 Å². The number of nitrogens with one attached hydrogen (secondary N) is 1. The van der Waals surface area contributed by atoms with Crippen LogP contribution in [0.3, 0.4) is 0 Å². The molecule has 0 aromatic heterocycles. The second kappa shape index (κ2) is 8.12. The van der Waals surface area contributed by atoms with Crippen LogP contribution < -0.4 is 5.32 Å². The molecule has 1 atom stereocenters. The zero-order valence-electron chi connectivity index (χ0n) is 10.4. The molecule has 1 aliphatic rings. The molecular formula is C13H27NO. The van der Waals surface area contributed by atoms with E-state index in [1.54, 1.807) is 0 Å². The summed E-state index contributed by atoms with van der Waals surface area (Å²) < 4.78 is 5.37. The first-order valence-electron chi connectivity index (χ1n) is 6.61. The summed E-state index contributed by atoms with van der Waals surface area (Å²) in [6.45, 7) is 4.26. The summed E-state index contributed by atoms with van der Waals surface area (Å²) in [5.41, 5.74) is 0. The van der Waals surface area contributed by atoms with E-state index in [1.807, 2.05) is 0 Å². The van der Waals surface area contributed by atoms with Crippen LogP contribution in [0, 0.1) is 5.92 Å². The van der Waals surface area contributed by atoms with Crippen molar-refractivity contribution in [3.63, 3.8) is 0 Å². The van der Waals surface area contributed by atoms with Crippen molar-refractivity contribution in [2.45, 2.75) is 57.9 Å². The van der Waals surface area contributed by atoms with Crippen molar-refractivity contribution in [3.05, 3.63) is 0 Å². The fourth-order valence-corrected chi connectivity index (χ4v) is 2.47. The van der Waals surface area contributed by atoms with Crippen LogP contribution in [0.5, 0.6) is 0 Å². The molecule has 0 radical (unpaired) electrons. The minimum absolute atomic E-state index is 0.745. The Labute approximate surface area is 94.8 Å². The minimum Gasteiger partial charge on any atom is -0.381 e. The van der Waals surface area contributed by atoms with E-state index < -0.39 is 0 Å². The average Bonchev–Trinajstić information content (AvgIpc) is 2.29. The molecule has 1 heterocycles. The molecular weight excluding hydrogens is 186 g/mol. The van der Waals surface area contributed by atoms with Gasteiger partial charge in [-0.25, -0.2) is 0 Å². The highest BCUT2D eigenvalue weighted by Gasteiger charge is 2.14. The van der Waals surface area contributed by atoms with E-state index in [0.29, 0.717) is 0 Å². The molecule has 1 saturated heterocycles. The summed E-state index contributed by atoms with van der Waals surface area (Å²) in [6.07, 6.45) is 9.34. The van der Waals surface area contributed by atoms with Gasteiger partial charge < -0.3 is 10.1 Å². The van der Waals surface area contributed by atoms with E-state index in [2.05, 4.69) is 19.3 Å². The van der Waals surface area contributed by atoms with Gasteiger partial charge in [0.15, 0.2) is 0 Å². The second-order valence-corrected chi connectivity index (χ2v) is 4.76. The zero-order chi connectivity index (χ0) is 10.9. The third kappa shape index (κ3) is 5.53. The standard InChI is InChI=1S/C13H27NO/c1-3-5-13(14-2)7-4-6-12-8-10-15-11-9-12/h12-14H,3-11H2,1-2H3. The maximum absolute atomic E-state index is 5.37. The fourth-order valence-electron chi connectivity index (χ4n) is 2.47. The van der Waals surface area contributed by atoms with Gasteiger partial charge in [-0.1, -0.05) is 26.2 Å². The summed E-state index contributed by atoms with van der Waals surface area (Å²) in [5, 5.41) is 3.42. The molecule has 0 spiro atoms. The third-order valence-electron chi connectivity index (χ3n) is 3.55. The Morgan fingerprint density at radius 2 is 2.00 bits per heavy atom. The van der Waals surface area contributed by atoms with Crippen LogP contribution in [0.2, 0.25) is 0 Å². The monoisotopic (exact) mass is 213 g/mol. The summed E-state index contributed by atoms with van der Waals surface area (Å²) in [4.78, 5) is 0. The van der Waals surface area contributed by atoms with Crippen LogP contribution in [0.15, 0.2) is 0 Å². The van der Waals surface area contributed by atoms with Gasteiger partial charge in [-0.15, -0.1) is 0 Å². The first kappa shape index (κ1) is 13.0. The van der Waals surface area contributed by atoms with Gasteiger partial charge in [0, 0.05) is 19.3 Å². The van der Waals surface area contributed by atoms with Crippen molar-refractivity contribution in [1.29, 1.82) is 0 Å². The number of rotatable bonds is 7. The van der Waals surface area contributed by atoms with Crippen LogP contribution in [0.25, 0.3) is 0 Å². The van der Waals surface area contributed by atoms with Crippen molar-refractivity contribution < 1.29 is 4.74 Å². The highest BCUT2D eigenvalue weighted by Crippen LogP contribution is 2.21. The quantitative estimate of drug-likeness (QED) is 0.702. The lowest BCUT2D eigenvalue weighted by Gasteiger charge is -2.23. The molecule has 1 fully saturated rings. The molecule has 0 bridgehead atoms. The molecule has 0 aromatic rings. The van der Waals surface area contributed by atoms with Gasteiger partial charge in [0.25, 0.3) is 0 Å². The molecule has 2 heteroatoms. The van der Waals surface area contributed by atoms with E-state index >= 15 is 0 Å². The van der Waals surface area contributed by atoms with E-state index in [0.717, 1.165) is 25.2 Å². The maximum Gasteiger partial charge on any atom is 0.0468 e. The molecule has 15 heavy (non-hydrogen) atoms. The minimum atomic E-state index is 0.745. The zero-order valence-corrected chi connectivity index (χ0v) is 10.4. The average molecular weight is 213 g/mol. The van der Waals surface area contributed by atoms with Crippen molar-refractivity contribution in [3.8, 4) is 0 Å². The van der Waals surface area contributed by atoms with Gasteiger partial charge in [-0.3, -0.25) is 0 Å². The predicted molar refractivity (Wildman–Crippen MR) is 65.1 cm³/mol. The molecule has 0 saturated carbocycles. The normalized spacial score (nSPS) is 20.4. The summed E-state index contributed by atoms with van der Waals surface area (Å²) in [6, 6.07) is 0.745. The Morgan fingerprint density at radius 1 is 1.27 bits per heavy atom. The van der Waals surface area contributed by atoms with Gasteiger partial charge in [-0.2, -0.15) is 0 Å². The first-order valence-corrected chi connectivity index (χ1v) is 6.61. The molecule has 1 aliphatic heterocycles. The summed E-state index contributed by atoms with van der Waals surface area (Å²) in [7, 11) is 2.09. The lowest BCUT2D eigenvalue weighted by Crippen LogP contribution is -2.25. The van der Waals surface area contributed by atoms with Crippen LogP contribution in [0.1, 0.15) is 51.9 Å². The first-order chi connectivity index (χ1) is 7.36. The molecule has 0 aliphatic carbocycles. The van der Waals surface area contributed by atoms with Crippen molar-refractivity contribution in [1.82, 2.24) is 5.32 Å². The number of hydrogen-bond donors (Lipinski definition) is 1. The molecule has 0 amide bonds. The van der Waals surface area contributed by atoms with Crippen LogP contribution >= 0.6 is 0 Å². The van der Waals surface area contributed by atoms with Gasteiger partial charge >= 0.3 is 0 Å². The smallest absolute Gasteiger partial charge is 0.0468 e. The SMILES string of the molecule is CCCC(CCCC1CCOCC1)NC. The van der Waals surface area contributed by atoms with Crippen molar-refractivity contribution >= 4 is 0 Å². The summed E-state index contributed by atoms with van der Waals surface area (Å²) in [5.74, 6) is 0.942. The lowest BCUT2D eigenvalue weighted by atomic mass is 9.92. The van der Waals surface area contributed by atoms with Gasteiger partial charge in [-0.05, 0) is 38.6 Å². The highest BCUT2D eigenvalue weighted by molar-refractivity contribution is 4.67. The topological polar surface area (TPSA) is 21.3 Å². The molecule has 2 nitrogen and oxygen atoms in total. The Bertz CT molecular complexity index is 139. The van der Waals surface area contributed by atoms with Crippen LogP contribution in [-0.4, -0.2) is 26.3 Å². The Hall–Kier alpha value is -0.0800. The predicted octanol–water partition coefficient (Wildman–Crippen LogP) is 2.97. The molecule has 1 unspecified atom stereocenters. The van der Waals surface area contributed by atoms with Gasteiger partial charge in [0.05, 0.1) is 0 Å². The fraction of sp³-hybridized carbons (Fsp3) is 1.00. The van der Waals surface area contributed by atoms with E-state index in [9.17, 15) is 0 Å². The third-order valence-corrected chi connectivity index (χ3v) is 3.55. The van der Waals surface area contributed by atoms with Crippen LogP contribution in [0.4, 0.5) is 0 Å². The lowest BCUT2D eigenvalue weighted by molar-refractivity contribution is 0.0629. The Morgan fingerprint density at radius 3 is 2.60 bits per heavy atom. The molecule has 1 N–H and O–H groups in total. The highest BCUT2D eigenvalue weighted by atomic mass is 16.5. The molecule has 0 aromatic carbocycles. The van der Waals surface area contributed by atoms with Crippen LogP contribution in [-0.2, 0) is 4.74 Å². The Kier molecular flexibility index (Phi) is 7.03. The van der Waals surface area contributed by atoms with Gasteiger partial charge in [0.1, 0.15) is 0 Å². The molecule has 1 rings (SSSR count).